The molecule has 1 amide bonds. The Hall–Kier alpha value is -1.76. The Morgan fingerprint density at radius 2 is 1.88 bits per heavy atom. The third kappa shape index (κ3) is 6.78. The topological polar surface area (TPSA) is 118 Å². The van der Waals surface area contributed by atoms with Gasteiger partial charge in [-0.15, -0.1) is 0 Å². The number of likely N-dealkylation sites (tertiary alicyclic amines) is 1. The molecule has 0 saturated carbocycles. The minimum absolute atomic E-state index is 0.138. The zero-order valence-electron chi connectivity index (χ0n) is 15.4. The van der Waals surface area contributed by atoms with Gasteiger partial charge in [0.05, 0.1) is 5.92 Å². The van der Waals surface area contributed by atoms with E-state index < -0.39 is 5.92 Å². The van der Waals surface area contributed by atoms with Gasteiger partial charge in [0.15, 0.2) is 0 Å². The zero-order chi connectivity index (χ0) is 18.3. The molecule has 24 heavy (non-hydrogen) atoms. The van der Waals surface area contributed by atoms with Crippen LogP contribution in [0.25, 0.3) is 0 Å². The first-order chi connectivity index (χ1) is 11.2. The van der Waals surface area contributed by atoms with Gasteiger partial charge in [0.1, 0.15) is 11.7 Å². The molecule has 1 aliphatic heterocycles. The first-order valence-corrected chi connectivity index (χ1v) is 8.66. The average Bonchev–Trinajstić information content (AvgIpc) is 2.49. The van der Waals surface area contributed by atoms with Gasteiger partial charge in [-0.05, 0) is 32.2 Å². The van der Waals surface area contributed by atoms with Gasteiger partial charge in [-0.2, -0.15) is 0 Å². The molecule has 5 N–H and O–H groups in total. The largest absolute Gasteiger partial charge is 0.386 e. The van der Waals surface area contributed by atoms with Crippen LogP contribution in [0.1, 0.15) is 47.0 Å². The Labute approximate surface area is 145 Å². The lowest BCUT2D eigenvalue weighted by Crippen LogP contribution is -2.49. The first-order valence-electron chi connectivity index (χ1n) is 8.66. The molecule has 1 heterocycles. The predicted molar refractivity (Wildman–Crippen MR) is 99.0 cm³/mol. The number of aliphatic imine (C=N–C) groups is 1. The Balaban J connectivity index is 2.68. The van der Waals surface area contributed by atoms with Gasteiger partial charge in [0, 0.05) is 38.2 Å². The van der Waals surface area contributed by atoms with Crippen LogP contribution in [0.2, 0.25) is 0 Å². The third-order valence-electron chi connectivity index (χ3n) is 4.13. The lowest BCUT2D eigenvalue weighted by atomic mass is 9.96. The molecule has 0 aromatic heterocycles. The Morgan fingerprint density at radius 1 is 1.29 bits per heavy atom. The molecule has 0 bridgehead atoms. The Bertz CT molecular complexity index is 491. The number of carbonyl (C=O) groups excluding carboxylic acids is 1. The SMILES string of the molecule is CC(=N)CC(C(=N)N1CCC(NCC(C)C)CC1)C(N)=NC(C)=O. The normalized spacial score (nSPS) is 17.9. The summed E-state index contributed by atoms with van der Waals surface area (Å²) in [4.78, 5) is 17.0. The molecule has 7 heteroatoms. The van der Waals surface area contributed by atoms with E-state index in [0.717, 1.165) is 32.5 Å². The van der Waals surface area contributed by atoms with Crippen LogP contribution < -0.4 is 11.1 Å². The minimum Gasteiger partial charge on any atom is -0.386 e. The Morgan fingerprint density at radius 3 is 2.33 bits per heavy atom. The summed E-state index contributed by atoms with van der Waals surface area (Å²) in [6.07, 6.45) is 2.29. The second-order valence-electron chi connectivity index (χ2n) is 7.04. The van der Waals surface area contributed by atoms with E-state index in [1.165, 1.54) is 6.92 Å². The van der Waals surface area contributed by atoms with Crippen LogP contribution in [0.15, 0.2) is 4.99 Å². The highest BCUT2D eigenvalue weighted by Gasteiger charge is 2.28. The maximum atomic E-state index is 11.2. The van der Waals surface area contributed by atoms with Crippen LogP contribution in [0.4, 0.5) is 0 Å². The monoisotopic (exact) mass is 336 g/mol. The van der Waals surface area contributed by atoms with Crippen LogP contribution in [0.5, 0.6) is 0 Å². The van der Waals surface area contributed by atoms with E-state index >= 15 is 0 Å². The van der Waals surface area contributed by atoms with Crippen molar-refractivity contribution in [2.75, 3.05) is 19.6 Å². The van der Waals surface area contributed by atoms with Crippen molar-refractivity contribution >= 4 is 23.3 Å². The van der Waals surface area contributed by atoms with Gasteiger partial charge in [-0.3, -0.25) is 10.2 Å². The molecule has 1 atom stereocenters. The molecular weight excluding hydrogens is 304 g/mol. The highest BCUT2D eigenvalue weighted by Crippen LogP contribution is 2.17. The number of piperidine rings is 1. The van der Waals surface area contributed by atoms with Gasteiger partial charge in [0.25, 0.3) is 0 Å². The van der Waals surface area contributed by atoms with E-state index in [1.807, 2.05) is 4.90 Å². The van der Waals surface area contributed by atoms with Gasteiger partial charge >= 0.3 is 0 Å². The van der Waals surface area contributed by atoms with E-state index in [2.05, 4.69) is 24.2 Å². The molecule has 0 aromatic carbocycles. The highest BCUT2D eigenvalue weighted by molar-refractivity contribution is 6.09. The van der Waals surface area contributed by atoms with Gasteiger partial charge in [-0.1, -0.05) is 13.8 Å². The highest BCUT2D eigenvalue weighted by atomic mass is 16.1. The van der Waals surface area contributed by atoms with E-state index in [-0.39, 0.29) is 11.7 Å². The number of hydrogen-bond acceptors (Lipinski definition) is 4. The molecule has 0 spiro atoms. The van der Waals surface area contributed by atoms with Gasteiger partial charge in [-0.25, -0.2) is 4.99 Å². The molecule has 7 nitrogen and oxygen atoms in total. The number of carbonyl (C=O) groups is 1. The number of hydrogen-bond donors (Lipinski definition) is 4. The summed E-state index contributed by atoms with van der Waals surface area (Å²) in [7, 11) is 0. The van der Waals surface area contributed by atoms with E-state index in [9.17, 15) is 4.79 Å². The Kier molecular flexibility index (Phi) is 8.04. The molecule has 136 valence electrons. The predicted octanol–water partition coefficient (Wildman–Crippen LogP) is 1.62. The molecule has 1 saturated heterocycles. The molecule has 1 rings (SSSR count). The second-order valence-corrected chi connectivity index (χ2v) is 7.04. The number of nitrogens with two attached hydrogens (primary N) is 1. The minimum atomic E-state index is -0.494. The van der Waals surface area contributed by atoms with E-state index in [4.69, 9.17) is 16.6 Å². The summed E-state index contributed by atoms with van der Waals surface area (Å²) in [5, 5.41) is 19.8. The van der Waals surface area contributed by atoms with Crippen molar-refractivity contribution in [3.05, 3.63) is 0 Å². The number of amidine groups is 2. The molecule has 0 aromatic rings. The fraction of sp³-hybridized carbons (Fsp3) is 0.765. The van der Waals surface area contributed by atoms with Crippen molar-refractivity contribution in [1.82, 2.24) is 10.2 Å². The van der Waals surface area contributed by atoms with Crippen LogP contribution in [-0.4, -0.2) is 53.9 Å². The van der Waals surface area contributed by atoms with Crippen molar-refractivity contribution in [1.29, 1.82) is 10.8 Å². The quantitative estimate of drug-likeness (QED) is 0.417. The molecule has 0 aliphatic carbocycles. The summed E-state index contributed by atoms with van der Waals surface area (Å²) in [5.74, 6) is 0.269. The van der Waals surface area contributed by atoms with Crippen LogP contribution in [0.3, 0.4) is 0 Å². The van der Waals surface area contributed by atoms with Crippen molar-refractivity contribution in [2.24, 2.45) is 22.6 Å². The van der Waals surface area contributed by atoms with Crippen LogP contribution >= 0.6 is 0 Å². The summed E-state index contributed by atoms with van der Waals surface area (Å²) in [6, 6.07) is 0.489. The van der Waals surface area contributed by atoms with Crippen molar-refractivity contribution in [3.63, 3.8) is 0 Å². The number of amides is 1. The summed E-state index contributed by atoms with van der Waals surface area (Å²) in [6.45, 7) is 10.00. The second kappa shape index (κ2) is 9.52. The zero-order valence-corrected chi connectivity index (χ0v) is 15.4. The maximum absolute atomic E-state index is 11.2. The number of nitrogens with one attached hydrogen (secondary N) is 3. The van der Waals surface area contributed by atoms with Crippen LogP contribution in [-0.2, 0) is 4.79 Å². The number of nitrogens with zero attached hydrogens (tertiary/aromatic N) is 2. The molecule has 1 unspecified atom stereocenters. The lowest BCUT2D eigenvalue weighted by molar-refractivity contribution is -0.115. The van der Waals surface area contributed by atoms with Crippen molar-refractivity contribution in [2.45, 2.75) is 53.0 Å². The molecule has 0 radical (unpaired) electrons. The molecular formula is C17H32N6O. The third-order valence-corrected chi connectivity index (χ3v) is 4.13. The smallest absolute Gasteiger partial charge is 0.244 e. The summed E-state index contributed by atoms with van der Waals surface area (Å²) >= 11 is 0. The fourth-order valence-electron chi connectivity index (χ4n) is 2.85. The summed E-state index contributed by atoms with van der Waals surface area (Å²) < 4.78 is 0. The van der Waals surface area contributed by atoms with E-state index in [0.29, 0.717) is 29.9 Å². The fourth-order valence-corrected chi connectivity index (χ4v) is 2.85. The number of rotatable bonds is 7. The van der Waals surface area contributed by atoms with Gasteiger partial charge in [0.2, 0.25) is 5.91 Å². The molecule has 1 aliphatic rings. The maximum Gasteiger partial charge on any atom is 0.244 e. The van der Waals surface area contributed by atoms with E-state index in [1.54, 1.807) is 6.92 Å². The molecule has 1 fully saturated rings. The standard InChI is InChI=1S/C17H32N6O/c1-11(2)10-21-14-5-7-23(8-6-14)17(20)15(9-12(3)18)16(19)22-13(4)24/h11,14-15,18,20-21H,5-10H2,1-4H3,(H2,19,22,24). The van der Waals surface area contributed by atoms with Crippen LogP contribution in [0, 0.1) is 22.7 Å². The van der Waals surface area contributed by atoms with Crippen molar-refractivity contribution < 1.29 is 4.79 Å². The lowest BCUT2D eigenvalue weighted by Gasteiger charge is -2.36. The summed E-state index contributed by atoms with van der Waals surface area (Å²) in [5.41, 5.74) is 6.37. The van der Waals surface area contributed by atoms with Gasteiger partial charge < -0.3 is 21.4 Å². The first kappa shape index (κ1) is 20.3. The van der Waals surface area contributed by atoms with Crippen molar-refractivity contribution in [3.8, 4) is 0 Å². The average molecular weight is 336 g/mol.